The molecule has 2 aromatic heterocycles. The Kier molecular flexibility index (Phi) is 4.33. The highest BCUT2D eigenvalue weighted by Gasteiger charge is 2.12. The number of carbonyl (C=O) groups excluding carboxylic acids is 1. The highest BCUT2D eigenvalue weighted by Crippen LogP contribution is 2.22. The van der Waals surface area contributed by atoms with E-state index in [0.29, 0.717) is 17.9 Å². The van der Waals surface area contributed by atoms with Crippen LogP contribution in [0.5, 0.6) is 5.75 Å². The molecule has 2 N–H and O–H groups in total. The van der Waals surface area contributed by atoms with Gasteiger partial charge in [-0.25, -0.2) is 0 Å². The molecule has 1 amide bonds. The number of H-pyrrole nitrogens is 1. The number of rotatable bonds is 5. The van der Waals surface area contributed by atoms with Gasteiger partial charge in [0.1, 0.15) is 11.4 Å². The van der Waals surface area contributed by atoms with Gasteiger partial charge in [-0.2, -0.15) is 10.2 Å². The Morgan fingerprint density at radius 3 is 2.92 bits per heavy atom. The first kappa shape index (κ1) is 15.8. The number of methoxy groups -OCH3 is 1. The summed E-state index contributed by atoms with van der Waals surface area (Å²) in [5, 5.41) is 14.1. The summed E-state index contributed by atoms with van der Waals surface area (Å²) < 4.78 is 6.94. The van der Waals surface area contributed by atoms with Gasteiger partial charge in [-0.3, -0.25) is 14.6 Å². The summed E-state index contributed by atoms with van der Waals surface area (Å²) in [6.45, 7) is 2.34. The minimum absolute atomic E-state index is 0.208. The van der Waals surface area contributed by atoms with E-state index in [2.05, 4.69) is 20.6 Å². The monoisotopic (exact) mass is 325 g/mol. The average Bonchev–Trinajstić information content (AvgIpc) is 3.19. The summed E-state index contributed by atoms with van der Waals surface area (Å²) in [5.41, 5.74) is 3.87. The number of carbonyl (C=O) groups is 1. The first-order chi connectivity index (χ1) is 11.6. The van der Waals surface area contributed by atoms with Gasteiger partial charge in [-0.05, 0) is 25.1 Å². The first-order valence-electron chi connectivity index (χ1n) is 7.54. The van der Waals surface area contributed by atoms with Crippen LogP contribution in [0.4, 0.5) is 0 Å². The van der Waals surface area contributed by atoms with Gasteiger partial charge in [-0.1, -0.05) is 12.1 Å². The molecule has 2 heterocycles. The smallest absolute Gasteiger partial charge is 0.269 e. The van der Waals surface area contributed by atoms with Gasteiger partial charge in [0.05, 0.1) is 18.5 Å². The topological polar surface area (TPSA) is 84.8 Å². The zero-order chi connectivity index (χ0) is 17.1. The molecule has 1 aromatic carbocycles. The van der Waals surface area contributed by atoms with Gasteiger partial charge in [0.15, 0.2) is 0 Å². The van der Waals surface area contributed by atoms with Gasteiger partial charge in [0, 0.05) is 30.9 Å². The molecule has 0 unspecified atom stereocenters. The number of amides is 1. The van der Waals surface area contributed by atoms with Gasteiger partial charge in [0.25, 0.3) is 5.91 Å². The summed E-state index contributed by atoms with van der Waals surface area (Å²) in [4.78, 5) is 12.3. The number of nitrogens with zero attached hydrogens (tertiary/aromatic N) is 3. The molecule has 0 bridgehead atoms. The van der Waals surface area contributed by atoms with Crippen molar-refractivity contribution in [3.8, 4) is 17.0 Å². The number of aromatic amines is 1. The van der Waals surface area contributed by atoms with E-state index in [0.717, 1.165) is 22.6 Å². The van der Waals surface area contributed by atoms with E-state index < -0.39 is 0 Å². The molecule has 0 saturated carbocycles. The van der Waals surface area contributed by atoms with Crippen LogP contribution < -0.4 is 10.1 Å². The van der Waals surface area contributed by atoms with Crippen LogP contribution in [0.2, 0.25) is 0 Å². The molecule has 0 radical (unpaired) electrons. The van der Waals surface area contributed by atoms with Crippen LogP contribution in [0.25, 0.3) is 11.3 Å². The van der Waals surface area contributed by atoms with Gasteiger partial charge < -0.3 is 10.1 Å². The second-order valence-corrected chi connectivity index (χ2v) is 5.49. The Labute approximate surface area is 139 Å². The summed E-state index contributed by atoms with van der Waals surface area (Å²) in [6, 6.07) is 9.25. The molecule has 124 valence electrons. The van der Waals surface area contributed by atoms with E-state index in [-0.39, 0.29) is 5.91 Å². The second kappa shape index (κ2) is 6.57. The maximum Gasteiger partial charge on any atom is 0.269 e. The van der Waals surface area contributed by atoms with Crippen LogP contribution in [-0.2, 0) is 13.6 Å². The third kappa shape index (κ3) is 3.29. The zero-order valence-electron chi connectivity index (χ0n) is 13.8. The normalized spacial score (nSPS) is 10.6. The van der Waals surface area contributed by atoms with Gasteiger partial charge in [0.2, 0.25) is 0 Å². The van der Waals surface area contributed by atoms with Crippen molar-refractivity contribution in [3.63, 3.8) is 0 Å². The third-order valence-corrected chi connectivity index (χ3v) is 3.74. The molecule has 0 saturated heterocycles. The van der Waals surface area contributed by atoms with Crippen molar-refractivity contribution in [1.82, 2.24) is 25.3 Å². The lowest BCUT2D eigenvalue weighted by Crippen LogP contribution is -2.23. The van der Waals surface area contributed by atoms with E-state index in [9.17, 15) is 4.79 Å². The summed E-state index contributed by atoms with van der Waals surface area (Å²) in [6.07, 6.45) is 1.89. The van der Waals surface area contributed by atoms with Crippen molar-refractivity contribution < 1.29 is 9.53 Å². The summed E-state index contributed by atoms with van der Waals surface area (Å²) in [7, 11) is 3.47. The standard InChI is InChI=1S/C17H19N5O2/c1-11-13(10-22(2)21-11)9-18-17(23)16-8-15(19-20-16)12-5-4-6-14(7-12)24-3/h4-8,10H,9H2,1-3H3,(H,18,23)(H,19,20). The van der Waals surface area contributed by atoms with E-state index in [4.69, 9.17) is 4.74 Å². The minimum atomic E-state index is -0.208. The predicted molar refractivity (Wildman–Crippen MR) is 89.7 cm³/mol. The largest absolute Gasteiger partial charge is 0.497 e. The molecule has 0 aliphatic heterocycles. The lowest BCUT2D eigenvalue weighted by Gasteiger charge is -2.02. The zero-order valence-corrected chi connectivity index (χ0v) is 13.8. The molecule has 24 heavy (non-hydrogen) atoms. The lowest BCUT2D eigenvalue weighted by molar-refractivity contribution is 0.0946. The van der Waals surface area contributed by atoms with Crippen LogP contribution in [0.1, 0.15) is 21.7 Å². The number of hydrogen-bond acceptors (Lipinski definition) is 4. The number of nitrogens with one attached hydrogen (secondary N) is 2. The molecule has 0 fully saturated rings. The molecule has 3 rings (SSSR count). The van der Waals surface area contributed by atoms with Gasteiger partial charge >= 0.3 is 0 Å². The maximum absolute atomic E-state index is 12.3. The van der Waals surface area contributed by atoms with Crippen molar-refractivity contribution in [3.05, 3.63) is 53.5 Å². The molecular weight excluding hydrogens is 306 g/mol. The fourth-order valence-electron chi connectivity index (χ4n) is 2.46. The molecule has 7 nitrogen and oxygen atoms in total. The van der Waals surface area contributed by atoms with Crippen molar-refractivity contribution in [2.24, 2.45) is 7.05 Å². The Balaban J connectivity index is 1.70. The second-order valence-electron chi connectivity index (χ2n) is 5.49. The van der Waals surface area contributed by atoms with Crippen molar-refractivity contribution in [1.29, 1.82) is 0 Å². The molecule has 3 aromatic rings. The van der Waals surface area contributed by atoms with E-state index in [1.54, 1.807) is 17.9 Å². The van der Waals surface area contributed by atoms with Gasteiger partial charge in [-0.15, -0.1) is 0 Å². The van der Waals surface area contributed by atoms with Crippen molar-refractivity contribution >= 4 is 5.91 Å². The number of aryl methyl sites for hydroxylation is 2. The van der Waals surface area contributed by atoms with Crippen molar-refractivity contribution in [2.45, 2.75) is 13.5 Å². The maximum atomic E-state index is 12.3. The van der Waals surface area contributed by atoms with E-state index >= 15 is 0 Å². The Morgan fingerprint density at radius 1 is 1.38 bits per heavy atom. The number of hydrogen-bond donors (Lipinski definition) is 2. The fraction of sp³-hybridized carbons (Fsp3) is 0.235. The lowest BCUT2D eigenvalue weighted by atomic mass is 10.1. The molecule has 0 atom stereocenters. The molecule has 7 heteroatoms. The van der Waals surface area contributed by atoms with Crippen molar-refractivity contribution in [2.75, 3.05) is 7.11 Å². The number of aromatic nitrogens is 4. The minimum Gasteiger partial charge on any atom is -0.497 e. The summed E-state index contributed by atoms with van der Waals surface area (Å²) in [5.74, 6) is 0.536. The summed E-state index contributed by atoms with van der Waals surface area (Å²) >= 11 is 0. The number of benzene rings is 1. The van der Waals surface area contributed by atoms with E-state index in [1.165, 1.54) is 0 Å². The third-order valence-electron chi connectivity index (χ3n) is 3.74. The Hall–Kier alpha value is -3.09. The van der Waals surface area contributed by atoms with Crippen LogP contribution in [-0.4, -0.2) is 33.0 Å². The fourth-order valence-corrected chi connectivity index (χ4v) is 2.46. The Morgan fingerprint density at radius 2 is 2.21 bits per heavy atom. The SMILES string of the molecule is COc1cccc(-c2cc(C(=O)NCc3cn(C)nc3C)[nH]n2)c1. The Bertz CT molecular complexity index is 866. The van der Waals surface area contributed by atoms with Crippen LogP contribution in [0.15, 0.2) is 36.5 Å². The average molecular weight is 325 g/mol. The predicted octanol–water partition coefficient (Wildman–Crippen LogP) is 2.06. The van der Waals surface area contributed by atoms with Crippen LogP contribution >= 0.6 is 0 Å². The van der Waals surface area contributed by atoms with Crippen LogP contribution in [0.3, 0.4) is 0 Å². The molecule has 0 aliphatic carbocycles. The molecule has 0 spiro atoms. The first-order valence-corrected chi connectivity index (χ1v) is 7.54. The highest BCUT2D eigenvalue weighted by atomic mass is 16.5. The molecular formula is C17H19N5O2. The molecule has 0 aliphatic rings. The quantitative estimate of drug-likeness (QED) is 0.752. The highest BCUT2D eigenvalue weighted by molar-refractivity contribution is 5.93. The van der Waals surface area contributed by atoms with Crippen LogP contribution in [0, 0.1) is 6.92 Å². The van der Waals surface area contributed by atoms with E-state index in [1.807, 2.05) is 44.4 Å². The number of ether oxygens (including phenoxy) is 1.